The van der Waals surface area contributed by atoms with Gasteiger partial charge in [-0.3, -0.25) is 4.79 Å². The number of carbonyl (C=O) groups is 1. The lowest BCUT2D eigenvalue weighted by atomic mass is 10.1. The number of carbonyl (C=O) groups excluding carboxylic acids is 1. The summed E-state index contributed by atoms with van der Waals surface area (Å²) in [5.74, 6) is 0.941. The first kappa shape index (κ1) is 17.5. The zero-order valence-electron chi connectivity index (χ0n) is 14.6. The molecule has 0 spiro atoms. The van der Waals surface area contributed by atoms with Crippen LogP contribution in [0.2, 0.25) is 0 Å². The van der Waals surface area contributed by atoms with E-state index in [9.17, 15) is 9.59 Å². The van der Waals surface area contributed by atoms with E-state index in [1.807, 2.05) is 24.3 Å². The molecule has 0 radical (unpaired) electrons. The third-order valence-electron chi connectivity index (χ3n) is 4.04. The van der Waals surface area contributed by atoms with Crippen LogP contribution in [0.1, 0.15) is 15.9 Å². The van der Waals surface area contributed by atoms with Crippen molar-refractivity contribution in [3.05, 3.63) is 70.1 Å². The van der Waals surface area contributed by atoms with E-state index in [2.05, 4.69) is 5.32 Å². The first-order valence-corrected chi connectivity index (χ1v) is 8.14. The summed E-state index contributed by atoms with van der Waals surface area (Å²) in [5.41, 5.74) is 0.775. The molecule has 1 heterocycles. The van der Waals surface area contributed by atoms with Crippen LogP contribution in [0.15, 0.2) is 57.7 Å². The van der Waals surface area contributed by atoms with Crippen LogP contribution in [0.25, 0.3) is 11.0 Å². The van der Waals surface area contributed by atoms with Gasteiger partial charge in [0.05, 0.1) is 14.2 Å². The molecule has 0 aliphatic carbocycles. The van der Waals surface area contributed by atoms with E-state index < -0.39 is 11.5 Å². The summed E-state index contributed by atoms with van der Waals surface area (Å²) < 4.78 is 15.5. The number of fused-ring (bicyclic) bond motifs is 1. The Morgan fingerprint density at radius 3 is 2.38 bits per heavy atom. The molecule has 0 bridgehead atoms. The number of rotatable bonds is 6. The van der Waals surface area contributed by atoms with Gasteiger partial charge < -0.3 is 19.2 Å². The van der Waals surface area contributed by atoms with Crippen LogP contribution in [0.5, 0.6) is 11.5 Å². The maximum Gasteiger partial charge on any atom is 0.349 e. The van der Waals surface area contributed by atoms with Crippen molar-refractivity contribution in [3.63, 3.8) is 0 Å². The smallest absolute Gasteiger partial charge is 0.349 e. The Bertz CT molecular complexity index is 976. The standard InChI is InChI=1S/C20H19NO5/c1-24-15-5-3-13(4-6-15)9-10-21-19(22)17-12-14-11-16(25-2)7-8-18(14)26-20(17)23/h3-8,11-12H,9-10H2,1-2H3,(H,21,22). The zero-order chi connectivity index (χ0) is 18.5. The van der Waals surface area contributed by atoms with Crippen LogP contribution >= 0.6 is 0 Å². The Balaban J connectivity index is 1.70. The minimum atomic E-state index is -0.662. The van der Waals surface area contributed by atoms with Crippen molar-refractivity contribution in [1.29, 1.82) is 0 Å². The first-order valence-electron chi connectivity index (χ1n) is 8.14. The molecule has 0 saturated carbocycles. The fourth-order valence-electron chi connectivity index (χ4n) is 2.59. The number of nitrogens with one attached hydrogen (secondary N) is 1. The molecule has 1 N–H and O–H groups in total. The van der Waals surface area contributed by atoms with Crippen LogP contribution in [-0.4, -0.2) is 26.7 Å². The summed E-state index contributed by atoms with van der Waals surface area (Å²) >= 11 is 0. The Kier molecular flexibility index (Phi) is 5.22. The van der Waals surface area contributed by atoms with E-state index in [-0.39, 0.29) is 5.56 Å². The number of hydrogen-bond acceptors (Lipinski definition) is 5. The Labute approximate surface area is 150 Å². The van der Waals surface area contributed by atoms with E-state index in [0.717, 1.165) is 11.3 Å². The highest BCUT2D eigenvalue weighted by molar-refractivity contribution is 5.96. The fourth-order valence-corrected chi connectivity index (χ4v) is 2.59. The second-order valence-corrected chi connectivity index (χ2v) is 5.71. The number of ether oxygens (including phenoxy) is 2. The highest BCUT2D eigenvalue weighted by Crippen LogP contribution is 2.20. The van der Waals surface area contributed by atoms with Gasteiger partial charge in [0.15, 0.2) is 0 Å². The molecule has 0 aliphatic heterocycles. The molecule has 26 heavy (non-hydrogen) atoms. The summed E-state index contributed by atoms with van der Waals surface area (Å²) in [4.78, 5) is 24.4. The maximum atomic E-state index is 12.3. The highest BCUT2D eigenvalue weighted by atomic mass is 16.5. The average Bonchev–Trinajstić information content (AvgIpc) is 2.67. The summed E-state index contributed by atoms with van der Waals surface area (Å²) in [6.07, 6.45) is 0.641. The molecule has 3 rings (SSSR count). The third-order valence-corrected chi connectivity index (χ3v) is 4.04. The lowest BCUT2D eigenvalue weighted by Crippen LogP contribution is -2.29. The second-order valence-electron chi connectivity index (χ2n) is 5.71. The number of benzene rings is 2. The van der Waals surface area contributed by atoms with Gasteiger partial charge in [0, 0.05) is 11.9 Å². The van der Waals surface area contributed by atoms with Crippen molar-refractivity contribution < 1.29 is 18.7 Å². The van der Waals surface area contributed by atoms with E-state index in [1.54, 1.807) is 32.4 Å². The molecule has 0 aliphatic rings. The Hall–Kier alpha value is -3.28. The van der Waals surface area contributed by atoms with Gasteiger partial charge in [-0.15, -0.1) is 0 Å². The van der Waals surface area contributed by atoms with Gasteiger partial charge in [0.1, 0.15) is 22.6 Å². The normalized spacial score (nSPS) is 10.5. The van der Waals surface area contributed by atoms with Gasteiger partial charge in [0.2, 0.25) is 0 Å². The minimum Gasteiger partial charge on any atom is -0.497 e. The van der Waals surface area contributed by atoms with Crippen molar-refractivity contribution in [1.82, 2.24) is 5.32 Å². The molecule has 6 heteroatoms. The molecule has 0 unspecified atom stereocenters. The van der Waals surface area contributed by atoms with Gasteiger partial charge in [0.25, 0.3) is 5.91 Å². The van der Waals surface area contributed by atoms with Crippen LogP contribution in [0, 0.1) is 0 Å². The lowest BCUT2D eigenvalue weighted by molar-refractivity contribution is 0.0950. The van der Waals surface area contributed by atoms with Gasteiger partial charge >= 0.3 is 5.63 Å². The van der Waals surface area contributed by atoms with Crippen molar-refractivity contribution in [3.8, 4) is 11.5 Å². The minimum absolute atomic E-state index is 0.0273. The number of methoxy groups -OCH3 is 2. The molecular weight excluding hydrogens is 334 g/mol. The molecule has 1 amide bonds. The third kappa shape index (κ3) is 3.85. The molecule has 6 nitrogen and oxygen atoms in total. The van der Waals surface area contributed by atoms with Crippen LogP contribution < -0.4 is 20.4 Å². The molecule has 3 aromatic rings. The predicted octanol–water partition coefficient (Wildman–Crippen LogP) is 2.78. The van der Waals surface area contributed by atoms with Crippen LogP contribution in [-0.2, 0) is 6.42 Å². The van der Waals surface area contributed by atoms with Gasteiger partial charge in [-0.1, -0.05) is 12.1 Å². The Morgan fingerprint density at radius 2 is 1.69 bits per heavy atom. The molecule has 2 aromatic carbocycles. The first-order chi connectivity index (χ1) is 12.6. The number of hydrogen-bond donors (Lipinski definition) is 1. The summed E-state index contributed by atoms with van der Waals surface area (Å²) in [5, 5.41) is 3.38. The van der Waals surface area contributed by atoms with E-state index >= 15 is 0 Å². The molecule has 0 saturated heterocycles. The van der Waals surface area contributed by atoms with Crippen LogP contribution in [0.4, 0.5) is 0 Å². The summed E-state index contributed by atoms with van der Waals surface area (Å²) in [6, 6.07) is 14.2. The number of amides is 1. The summed E-state index contributed by atoms with van der Waals surface area (Å²) in [7, 11) is 3.16. The Morgan fingerprint density at radius 1 is 1.00 bits per heavy atom. The molecular formula is C20H19NO5. The maximum absolute atomic E-state index is 12.3. The van der Waals surface area contributed by atoms with Crippen LogP contribution in [0.3, 0.4) is 0 Å². The highest BCUT2D eigenvalue weighted by Gasteiger charge is 2.13. The molecule has 0 fully saturated rings. The second kappa shape index (κ2) is 7.74. The predicted molar refractivity (Wildman–Crippen MR) is 98.1 cm³/mol. The SMILES string of the molecule is COc1ccc(CCNC(=O)c2cc3cc(OC)ccc3oc2=O)cc1. The van der Waals surface area contributed by atoms with E-state index in [1.165, 1.54) is 6.07 Å². The van der Waals surface area contributed by atoms with E-state index in [4.69, 9.17) is 13.9 Å². The summed E-state index contributed by atoms with van der Waals surface area (Å²) in [6.45, 7) is 0.404. The van der Waals surface area contributed by atoms with Gasteiger partial charge in [-0.05, 0) is 48.4 Å². The van der Waals surface area contributed by atoms with Gasteiger partial charge in [-0.25, -0.2) is 4.79 Å². The molecule has 0 atom stereocenters. The van der Waals surface area contributed by atoms with E-state index in [0.29, 0.717) is 29.7 Å². The molecule has 1 aromatic heterocycles. The topological polar surface area (TPSA) is 77.8 Å². The van der Waals surface area contributed by atoms with Crippen molar-refractivity contribution in [2.45, 2.75) is 6.42 Å². The quantitative estimate of drug-likeness (QED) is 0.690. The lowest BCUT2D eigenvalue weighted by Gasteiger charge is -2.07. The average molecular weight is 353 g/mol. The van der Waals surface area contributed by atoms with Crippen molar-refractivity contribution in [2.24, 2.45) is 0 Å². The fraction of sp³-hybridized carbons (Fsp3) is 0.200. The molecule has 134 valence electrons. The van der Waals surface area contributed by atoms with Gasteiger partial charge in [-0.2, -0.15) is 0 Å². The monoisotopic (exact) mass is 353 g/mol. The van der Waals surface area contributed by atoms with Crippen molar-refractivity contribution >= 4 is 16.9 Å². The zero-order valence-corrected chi connectivity index (χ0v) is 14.6. The van der Waals surface area contributed by atoms with Crippen molar-refractivity contribution in [2.75, 3.05) is 20.8 Å². The largest absolute Gasteiger partial charge is 0.497 e.